The lowest BCUT2D eigenvalue weighted by Gasteiger charge is -2.07. The Bertz CT molecular complexity index is 521. The van der Waals surface area contributed by atoms with Crippen molar-refractivity contribution in [3.05, 3.63) is 59.7 Å². The van der Waals surface area contributed by atoms with E-state index in [4.69, 9.17) is 0 Å². The largest absolute Gasteiger partial charge is 0.0654 e. The van der Waals surface area contributed by atoms with Gasteiger partial charge in [0.1, 0.15) is 0 Å². The van der Waals surface area contributed by atoms with Crippen molar-refractivity contribution < 1.29 is 0 Å². The molecule has 0 spiro atoms. The van der Waals surface area contributed by atoms with Gasteiger partial charge in [-0.2, -0.15) is 0 Å². The van der Waals surface area contributed by atoms with Crippen LogP contribution in [0.4, 0.5) is 0 Å². The predicted molar refractivity (Wildman–Crippen MR) is 117 cm³/mol. The van der Waals surface area contributed by atoms with Crippen LogP contribution in [0.15, 0.2) is 48.5 Å². The third-order valence-corrected chi connectivity index (χ3v) is 5.38. The second-order valence-electron chi connectivity index (χ2n) is 7.72. The zero-order valence-electron chi connectivity index (χ0n) is 17.1. The number of aryl methyl sites for hydroxylation is 2. The zero-order chi connectivity index (χ0) is 18.5. The van der Waals surface area contributed by atoms with Crippen LogP contribution in [-0.4, -0.2) is 0 Å². The Balaban J connectivity index is 1.77. The SMILES string of the molecule is CCCCCCCc1ccc(-c2ccc(CCCCCCC)cc2)cc1. The topological polar surface area (TPSA) is 0 Å². The van der Waals surface area contributed by atoms with Gasteiger partial charge in [0.05, 0.1) is 0 Å². The van der Waals surface area contributed by atoms with Gasteiger partial charge >= 0.3 is 0 Å². The lowest BCUT2D eigenvalue weighted by atomic mass is 9.99. The zero-order valence-corrected chi connectivity index (χ0v) is 17.1. The monoisotopic (exact) mass is 350 g/mol. The second-order valence-corrected chi connectivity index (χ2v) is 7.72. The van der Waals surface area contributed by atoms with Gasteiger partial charge in [0.25, 0.3) is 0 Å². The molecule has 0 atom stereocenters. The van der Waals surface area contributed by atoms with Crippen molar-refractivity contribution in [2.75, 3.05) is 0 Å². The molecule has 2 aromatic rings. The Labute approximate surface area is 162 Å². The number of hydrogen-bond donors (Lipinski definition) is 0. The van der Waals surface area contributed by atoms with Crippen molar-refractivity contribution in [2.45, 2.75) is 90.9 Å². The molecule has 0 N–H and O–H groups in total. The maximum atomic E-state index is 2.32. The van der Waals surface area contributed by atoms with Gasteiger partial charge in [-0.25, -0.2) is 0 Å². The summed E-state index contributed by atoms with van der Waals surface area (Å²) >= 11 is 0. The molecular formula is C26H38. The first-order chi connectivity index (χ1) is 12.8. The first-order valence-corrected chi connectivity index (χ1v) is 11.0. The highest BCUT2D eigenvalue weighted by molar-refractivity contribution is 5.63. The van der Waals surface area contributed by atoms with Crippen LogP contribution in [0.5, 0.6) is 0 Å². The number of hydrogen-bond acceptors (Lipinski definition) is 0. The summed E-state index contributed by atoms with van der Waals surface area (Å²) in [6.45, 7) is 4.55. The first kappa shape index (κ1) is 20.7. The first-order valence-electron chi connectivity index (χ1n) is 11.0. The smallest absolute Gasteiger partial charge is 0.0184 e. The van der Waals surface area contributed by atoms with Gasteiger partial charge in [-0.15, -0.1) is 0 Å². The summed E-state index contributed by atoms with van der Waals surface area (Å²) in [7, 11) is 0. The average molecular weight is 351 g/mol. The molecule has 0 radical (unpaired) electrons. The molecule has 0 unspecified atom stereocenters. The second kappa shape index (κ2) is 12.7. The highest BCUT2D eigenvalue weighted by atomic mass is 14.1. The number of rotatable bonds is 13. The lowest BCUT2D eigenvalue weighted by molar-refractivity contribution is 0.632. The molecule has 0 bridgehead atoms. The summed E-state index contributed by atoms with van der Waals surface area (Å²) in [6.07, 6.45) is 16.0. The van der Waals surface area contributed by atoms with E-state index >= 15 is 0 Å². The Morgan fingerprint density at radius 1 is 0.423 bits per heavy atom. The minimum atomic E-state index is 1.22. The van der Waals surface area contributed by atoms with Gasteiger partial charge in [0.15, 0.2) is 0 Å². The summed E-state index contributed by atoms with van der Waals surface area (Å²) < 4.78 is 0. The molecule has 0 aliphatic heterocycles. The molecule has 2 aromatic carbocycles. The van der Waals surface area contributed by atoms with Crippen LogP contribution in [0, 0.1) is 0 Å². The minimum Gasteiger partial charge on any atom is -0.0654 e. The van der Waals surface area contributed by atoms with Crippen molar-refractivity contribution in [1.29, 1.82) is 0 Å². The van der Waals surface area contributed by atoms with Gasteiger partial charge in [-0.1, -0.05) is 114 Å². The van der Waals surface area contributed by atoms with Crippen LogP contribution >= 0.6 is 0 Å². The molecule has 0 heterocycles. The van der Waals surface area contributed by atoms with Crippen molar-refractivity contribution in [3.8, 4) is 11.1 Å². The third-order valence-electron chi connectivity index (χ3n) is 5.38. The summed E-state index contributed by atoms with van der Waals surface area (Å²) in [4.78, 5) is 0. The lowest BCUT2D eigenvalue weighted by Crippen LogP contribution is -1.88. The van der Waals surface area contributed by atoms with Crippen LogP contribution in [0.3, 0.4) is 0 Å². The van der Waals surface area contributed by atoms with E-state index in [-0.39, 0.29) is 0 Å². The van der Waals surface area contributed by atoms with Gasteiger partial charge in [0, 0.05) is 0 Å². The number of benzene rings is 2. The van der Waals surface area contributed by atoms with Crippen LogP contribution in [0.25, 0.3) is 11.1 Å². The molecule has 0 aliphatic carbocycles. The molecule has 0 fully saturated rings. The molecule has 142 valence electrons. The molecule has 0 amide bonds. The molecule has 0 aliphatic rings. The summed E-state index contributed by atoms with van der Waals surface area (Å²) in [5.41, 5.74) is 5.64. The molecule has 26 heavy (non-hydrogen) atoms. The average Bonchev–Trinajstić information content (AvgIpc) is 2.69. The van der Waals surface area contributed by atoms with Crippen LogP contribution in [-0.2, 0) is 12.8 Å². The van der Waals surface area contributed by atoms with Crippen molar-refractivity contribution >= 4 is 0 Å². The molecular weight excluding hydrogens is 312 g/mol. The maximum absolute atomic E-state index is 2.32. The highest BCUT2D eigenvalue weighted by Crippen LogP contribution is 2.22. The van der Waals surface area contributed by atoms with E-state index in [2.05, 4.69) is 62.4 Å². The number of unbranched alkanes of at least 4 members (excludes halogenated alkanes) is 8. The Morgan fingerprint density at radius 2 is 0.769 bits per heavy atom. The molecule has 0 heteroatoms. The van der Waals surface area contributed by atoms with Crippen LogP contribution in [0.1, 0.15) is 89.2 Å². The fourth-order valence-corrected chi connectivity index (χ4v) is 3.59. The van der Waals surface area contributed by atoms with Crippen molar-refractivity contribution in [1.82, 2.24) is 0 Å². The van der Waals surface area contributed by atoms with E-state index in [1.807, 2.05) is 0 Å². The van der Waals surface area contributed by atoms with Crippen LogP contribution < -0.4 is 0 Å². The summed E-state index contributed by atoms with van der Waals surface area (Å²) in [5, 5.41) is 0. The fourth-order valence-electron chi connectivity index (χ4n) is 3.59. The van der Waals surface area contributed by atoms with Gasteiger partial charge in [-0.05, 0) is 47.9 Å². The highest BCUT2D eigenvalue weighted by Gasteiger charge is 2.00. The van der Waals surface area contributed by atoms with Crippen molar-refractivity contribution in [2.24, 2.45) is 0 Å². The quantitative estimate of drug-likeness (QED) is 0.318. The van der Waals surface area contributed by atoms with E-state index < -0.39 is 0 Å². The normalized spacial score (nSPS) is 11.0. The van der Waals surface area contributed by atoms with E-state index in [1.165, 1.54) is 99.3 Å². The molecule has 0 aromatic heterocycles. The predicted octanol–water partition coefficient (Wildman–Crippen LogP) is 8.38. The third kappa shape index (κ3) is 7.77. The minimum absolute atomic E-state index is 1.22. The van der Waals surface area contributed by atoms with E-state index in [0.717, 1.165) is 0 Å². The standard InChI is InChI=1S/C26H38/c1-3-5-7-9-11-13-23-15-19-25(20-16-23)26-21-17-24(18-22-26)14-12-10-8-6-4-2/h15-22H,3-14H2,1-2H3. The summed E-state index contributed by atoms with van der Waals surface area (Å²) in [6, 6.07) is 18.4. The van der Waals surface area contributed by atoms with E-state index in [9.17, 15) is 0 Å². The van der Waals surface area contributed by atoms with Gasteiger partial charge in [-0.3, -0.25) is 0 Å². The van der Waals surface area contributed by atoms with E-state index in [1.54, 1.807) is 0 Å². The van der Waals surface area contributed by atoms with Crippen LogP contribution in [0.2, 0.25) is 0 Å². The Kier molecular flexibility index (Phi) is 10.2. The Morgan fingerprint density at radius 3 is 1.12 bits per heavy atom. The fraction of sp³-hybridized carbons (Fsp3) is 0.538. The maximum Gasteiger partial charge on any atom is -0.0184 e. The molecule has 0 saturated heterocycles. The Hall–Kier alpha value is -1.56. The molecule has 0 nitrogen and oxygen atoms in total. The van der Waals surface area contributed by atoms with Crippen molar-refractivity contribution in [3.63, 3.8) is 0 Å². The van der Waals surface area contributed by atoms with E-state index in [0.29, 0.717) is 0 Å². The molecule has 0 saturated carbocycles. The van der Waals surface area contributed by atoms with Gasteiger partial charge in [0.2, 0.25) is 0 Å². The summed E-state index contributed by atoms with van der Waals surface area (Å²) in [5.74, 6) is 0. The van der Waals surface area contributed by atoms with Gasteiger partial charge < -0.3 is 0 Å². The molecule has 2 rings (SSSR count).